The van der Waals surface area contributed by atoms with Crippen molar-refractivity contribution in [2.24, 2.45) is 16.7 Å². The number of carbonyl (C=O) groups excluding carboxylic acids is 1. The predicted molar refractivity (Wildman–Crippen MR) is 87.1 cm³/mol. The van der Waals surface area contributed by atoms with E-state index in [9.17, 15) is 9.90 Å². The number of fused-ring (bicyclic) bond motifs is 1. The monoisotopic (exact) mass is 310 g/mol. The van der Waals surface area contributed by atoms with Crippen molar-refractivity contribution in [2.75, 3.05) is 0 Å². The quantitative estimate of drug-likeness (QED) is 0.808. The van der Waals surface area contributed by atoms with Crippen LogP contribution in [0, 0.1) is 23.3 Å². The van der Waals surface area contributed by atoms with E-state index in [4.69, 9.17) is 6.57 Å². The summed E-state index contributed by atoms with van der Waals surface area (Å²) in [6.45, 7) is 13.3. The van der Waals surface area contributed by atoms with E-state index < -0.39 is 11.0 Å². The van der Waals surface area contributed by atoms with Gasteiger partial charge in [0, 0.05) is 23.4 Å². The van der Waals surface area contributed by atoms with Crippen molar-refractivity contribution in [3.63, 3.8) is 0 Å². The summed E-state index contributed by atoms with van der Waals surface area (Å²) in [5.41, 5.74) is -0.879. The zero-order chi connectivity index (χ0) is 16.9. The summed E-state index contributed by atoms with van der Waals surface area (Å²) >= 11 is 0. The lowest BCUT2D eigenvalue weighted by atomic mass is 9.50. The van der Waals surface area contributed by atoms with Crippen molar-refractivity contribution in [1.29, 1.82) is 0 Å². The highest BCUT2D eigenvalue weighted by Crippen LogP contribution is 2.59. The number of pyridine rings is 1. The minimum atomic E-state index is -0.959. The van der Waals surface area contributed by atoms with Gasteiger partial charge < -0.3 is 9.90 Å². The van der Waals surface area contributed by atoms with Gasteiger partial charge in [0.25, 0.3) is 0 Å². The number of aromatic nitrogens is 1. The summed E-state index contributed by atoms with van der Waals surface area (Å²) in [6.07, 6.45) is 7.08. The van der Waals surface area contributed by atoms with Crippen LogP contribution in [0.4, 0.5) is 0 Å². The molecule has 4 nitrogen and oxygen atoms in total. The highest BCUT2D eigenvalue weighted by molar-refractivity contribution is 6.02. The Bertz CT molecular complexity index is 717. The molecule has 4 heteroatoms. The first-order valence-corrected chi connectivity index (χ1v) is 8.01. The summed E-state index contributed by atoms with van der Waals surface area (Å²) in [5, 5.41) is 11.2. The lowest BCUT2D eigenvalue weighted by Gasteiger charge is -2.54. The Labute approximate surface area is 137 Å². The zero-order valence-corrected chi connectivity index (χ0v) is 13.8. The summed E-state index contributed by atoms with van der Waals surface area (Å²) in [4.78, 5) is 20.1. The standard InChI is InChI=1S/C19H22N2O2/c1-17(2)15-7-8-19(23,13-6-5-9-21-11-13)12-18(15,3)10-14(20-4)16(17)22/h5-6,9-11,15,23H,7-8,12H2,1-3H3/t15-,18+,19-/m0/s1. The molecule has 1 N–H and O–H groups in total. The van der Waals surface area contributed by atoms with Crippen LogP contribution in [0.25, 0.3) is 4.85 Å². The van der Waals surface area contributed by atoms with Gasteiger partial charge in [-0.15, -0.1) is 0 Å². The third-order valence-corrected chi connectivity index (χ3v) is 5.79. The van der Waals surface area contributed by atoms with Gasteiger partial charge in [-0.05, 0) is 36.7 Å². The molecule has 1 saturated carbocycles. The molecule has 3 atom stereocenters. The fourth-order valence-electron chi connectivity index (χ4n) is 4.73. The largest absolute Gasteiger partial charge is 0.385 e. The van der Waals surface area contributed by atoms with Gasteiger partial charge in [0.15, 0.2) is 5.78 Å². The van der Waals surface area contributed by atoms with Crippen molar-refractivity contribution < 1.29 is 9.90 Å². The van der Waals surface area contributed by atoms with E-state index in [0.717, 1.165) is 12.0 Å². The predicted octanol–water partition coefficient (Wildman–Crippen LogP) is 3.49. The summed E-state index contributed by atoms with van der Waals surface area (Å²) in [6, 6.07) is 3.73. The third-order valence-electron chi connectivity index (χ3n) is 5.79. The van der Waals surface area contributed by atoms with E-state index in [1.807, 2.05) is 26.0 Å². The summed E-state index contributed by atoms with van der Waals surface area (Å²) < 4.78 is 0. The SMILES string of the molecule is [C-]#[N+]C1=C[C@]2(C)C[C@](O)(c3cccnc3)CC[C@H]2C(C)(C)C1=O. The Morgan fingerprint density at radius 1 is 1.39 bits per heavy atom. The average Bonchev–Trinajstić information content (AvgIpc) is 2.51. The number of ketones is 1. The summed E-state index contributed by atoms with van der Waals surface area (Å²) in [5.74, 6) is 0.0618. The molecule has 0 radical (unpaired) electrons. The fourth-order valence-corrected chi connectivity index (χ4v) is 4.73. The van der Waals surface area contributed by atoms with Gasteiger partial charge in [0.05, 0.1) is 12.2 Å². The second-order valence-electron chi connectivity index (χ2n) is 7.74. The topological polar surface area (TPSA) is 54.6 Å². The van der Waals surface area contributed by atoms with Crippen molar-refractivity contribution in [3.8, 4) is 0 Å². The second-order valence-corrected chi connectivity index (χ2v) is 7.74. The third kappa shape index (κ3) is 2.31. The first-order valence-electron chi connectivity index (χ1n) is 8.01. The Hall–Kier alpha value is -1.99. The smallest absolute Gasteiger partial charge is 0.226 e. The molecule has 0 aliphatic heterocycles. The molecule has 0 aromatic carbocycles. The van der Waals surface area contributed by atoms with Gasteiger partial charge in [-0.2, -0.15) is 0 Å². The van der Waals surface area contributed by atoms with Crippen LogP contribution in [0.15, 0.2) is 36.3 Å². The molecule has 0 spiro atoms. The molecule has 2 aliphatic carbocycles. The number of hydrogen-bond acceptors (Lipinski definition) is 3. The van der Waals surface area contributed by atoms with Gasteiger partial charge in [0.2, 0.25) is 5.70 Å². The highest BCUT2D eigenvalue weighted by atomic mass is 16.3. The van der Waals surface area contributed by atoms with E-state index >= 15 is 0 Å². The van der Waals surface area contributed by atoms with Crippen LogP contribution in [-0.2, 0) is 10.4 Å². The van der Waals surface area contributed by atoms with E-state index in [0.29, 0.717) is 12.8 Å². The Morgan fingerprint density at radius 2 is 2.13 bits per heavy atom. The maximum atomic E-state index is 12.6. The van der Waals surface area contributed by atoms with Crippen molar-refractivity contribution in [3.05, 3.63) is 53.3 Å². The number of Topliss-reactive ketones (excluding diaryl/α,β-unsaturated/α-hetero) is 1. The molecule has 3 rings (SSSR count). The van der Waals surface area contributed by atoms with Crippen LogP contribution in [0.3, 0.4) is 0 Å². The highest BCUT2D eigenvalue weighted by Gasteiger charge is 2.56. The van der Waals surface area contributed by atoms with Crippen LogP contribution in [0.5, 0.6) is 0 Å². The van der Waals surface area contributed by atoms with Crippen molar-refractivity contribution in [2.45, 2.75) is 45.6 Å². The van der Waals surface area contributed by atoms with Crippen LogP contribution in [0.1, 0.15) is 45.6 Å². The molecule has 0 saturated heterocycles. The van der Waals surface area contributed by atoms with Crippen molar-refractivity contribution in [1.82, 2.24) is 4.98 Å². The van der Waals surface area contributed by atoms with Gasteiger partial charge in [-0.3, -0.25) is 4.98 Å². The molecule has 23 heavy (non-hydrogen) atoms. The van der Waals surface area contributed by atoms with Crippen LogP contribution in [-0.4, -0.2) is 15.9 Å². The normalized spacial score (nSPS) is 35.9. The molecule has 2 aliphatic rings. The Balaban J connectivity index is 2.06. The molecule has 1 heterocycles. The molecule has 0 bridgehead atoms. The number of aliphatic hydroxyl groups is 1. The number of rotatable bonds is 1. The van der Waals surface area contributed by atoms with E-state index in [-0.39, 0.29) is 22.8 Å². The van der Waals surface area contributed by atoms with Crippen LogP contribution < -0.4 is 0 Å². The van der Waals surface area contributed by atoms with Gasteiger partial charge in [-0.1, -0.05) is 32.9 Å². The van der Waals surface area contributed by atoms with Crippen molar-refractivity contribution >= 4 is 5.78 Å². The molecule has 1 fully saturated rings. The number of hydrogen-bond donors (Lipinski definition) is 1. The van der Waals surface area contributed by atoms with Gasteiger partial charge in [0.1, 0.15) is 0 Å². The molecule has 0 unspecified atom stereocenters. The van der Waals surface area contributed by atoms with Gasteiger partial charge >= 0.3 is 0 Å². The lowest BCUT2D eigenvalue weighted by Crippen LogP contribution is -2.52. The van der Waals surface area contributed by atoms with E-state index in [1.165, 1.54) is 0 Å². The maximum absolute atomic E-state index is 12.6. The van der Waals surface area contributed by atoms with Crippen LogP contribution >= 0.6 is 0 Å². The molecular formula is C19H22N2O2. The molecule has 1 aromatic heterocycles. The molecule has 120 valence electrons. The lowest BCUT2D eigenvalue weighted by molar-refractivity contribution is -0.138. The first-order chi connectivity index (χ1) is 10.7. The average molecular weight is 310 g/mol. The number of allylic oxidation sites excluding steroid dienone is 2. The van der Waals surface area contributed by atoms with E-state index in [2.05, 4.69) is 16.8 Å². The Morgan fingerprint density at radius 3 is 2.74 bits per heavy atom. The second kappa shape index (κ2) is 5.01. The minimum absolute atomic E-state index is 0.0678. The fraction of sp³-hybridized carbons (Fsp3) is 0.526. The zero-order valence-electron chi connectivity index (χ0n) is 13.8. The minimum Gasteiger partial charge on any atom is -0.385 e. The maximum Gasteiger partial charge on any atom is 0.226 e. The summed E-state index contributed by atoms with van der Waals surface area (Å²) in [7, 11) is 0. The number of nitrogens with zero attached hydrogens (tertiary/aromatic N) is 2. The van der Waals surface area contributed by atoms with Gasteiger partial charge in [-0.25, -0.2) is 4.85 Å². The van der Waals surface area contributed by atoms with Crippen LogP contribution in [0.2, 0.25) is 0 Å². The molecular weight excluding hydrogens is 288 g/mol. The molecule has 1 aromatic rings. The first kappa shape index (κ1) is 15.9. The molecule has 0 amide bonds. The van der Waals surface area contributed by atoms with E-state index in [1.54, 1.807) is 18.5 Å². The number of carbonyl (C=O) groups is 1. The Kier molecular flexibility index (Phi) is 3.46.